The number of hydrogen-bond acceptors (Lipinski definition) is 7. The monoisotopic (exact) mass is 485 g/mol. The molecule has 0 aliphatic rings. The Morgan fingerprint density at radius 3 is 2.40 bits per heavy atom. The number of carbonyl (C=O) groups excluding carboxylic acids is 2. The van der Waals surface area contributed by atoms with Gasteiger partial charge in [-0.1, -0.05) is 54.1 Å². The summed E-state index contributed by atoms with van der Waals surface area (Å²) in [4.78, 5) is 39.0. The fourth-order valence-corrected chi connectivity index (χ4v) is 4.56. The molecule has 2 heterocycles. The van der Waals surface area contributed by atoms with Crippen LogP contribution in [-0.4, -0.2) is 28.6 Å². The third-order valence-corrected chi connectivity index (χ3v) is 6.32. The van der Waals surface area contributed by atoms with Gasteiger partial charge in [0.2, 0.25) is 0 Å². The summed E-state index contributed by atoms with van der Waals surface area (Å²) in [7, 11) is 1.27. The summed E-state index contributed by atoms with van der Waals surface area (Å²) in [6.45, 7) is 3.75. The minimum Gasteiger partial charge on any atom is -0.464 e. The lowest BCUT2D eigenvalue weighted by Crippen LogP contribution is -2.25. The lowest BCUT2D eigenvalue weighted by atomic mass is 10.1. The zero-order valence-electron chi connectivity index (χ0n) is 19.4. The predicted molar refractivity (Wildman–Crippen MR) is 139 cm³/mol. The van der Waals surface area contributed by atoms with Gasteiger partial charge in [-0.05, 0) is 37.6 Å². The van der Waals surface area contributed by atoms with Crippen LogP contribution in [0.25, 0.3) is 22.5 Å². The van der Waals surface area contributed by atoms with Gasteiger partial charge in [-0.25, -0.2) is 4.79 Å². The van der Waals surface area contributed by atoms with Crippen LogP contribution in [0.5, 0.6) is 0 Å². The molecule has 0 fully saturated rings. The molecule has 0 radical (unpaired) electrons. The minimum atomic E-state index is -0.639. The summed E-state index contributed by atoms with van der Waals surface area (Å²) in [5.41, 5.74) is 2.14. The maximum atomic E-state index is 13.5. The zero-order chi connectivity index (χ0) is 24.9. The first-order valence-corrected chi connectivity index (χ1v) is 11.6. The van der Waals surface area contributed by atoms with Gasteiger partial charge in [0, 0.05) is 22.5 Å². The summed E-state index contributed by atoms with van der Waals surface area (Å²) in [5, 5.41) is 8.62. The number of ether oxygens (including phenoxy) is 1. The van der Waals surface area contributed by atoms with E-state index in [1.807, 2.05) is 49.4 Å². The first-order valence-electron chi connectivity index (χ1n) is 10.8. The summed E-state index contributed by atoms with van der Waals surface area (Å²) in [5.74, 6) is -0.854. The topological polar surface area (TPSA) is 90.3 Å². The van der Waals surface area contributed by atoms with Crippen molar-refractivity contribution in [1.29, 1.82) is 0 Å². The molecule has 0 bridgehead atoms. The first-order chi connectivity index (χ1) is 16.9. The fourth-order valence-electron chi connectivity index (χ4n) is 3.53. The van der Waals surface area contributed by atoms with Crippen LogP contribution in [0.4, 0.5) is 5.00 Å². The molecule has 0 atom stereocenters. The molecule has 0 aliphatic carbocycles. The Balaban J connectivity index is 1.72. The van der Waals surface area contributed by atoms with Gasteiger partial charge < -0.3 is 10.1 Å². The van der Waals surface area contributed by atoms with Gasteiger partial charge >= 0.3 is 5.97 Å². The highest BCUT2D eigenvalue weighted by Gasteiger charge is 2.24. The van der Waals surface area contributed by atoms with Crippen molar-refractivity contribution in [2.24, 2.45) is 0 Å². The van der Waals surface area contributed by atoms with E-state index in [2.05, 4.69) is 10.4 Å². The highest BCUT2D eigenvalue weighted by Crippen LogP contribution is 2.35. The van der Waals surface area contributed by atoms with Gasteiger partial charge in [0.25, 0.3) is 5.56 Å². The number of aromatic nitrogens is 2. The first kappa shape index (κ1) is 23.8. The zero-order valence-corrected chi connectivity index (χ0v) is 20.3. The Morgan fingerprint density at radius 2 is 1.71 bits per heavy atom. The van der Waals surface area contributed by atoms with Crippen molar-refractivity contribution in [2.45, 2.75) is 13.8 Å². The summed E-state index contributed by atoms with van der Waals surface area (Å²) >= 11 is 1.30. The molecule has 0 saturated carbocycles. The number of aryl methyl sites for hydroxylation is 2. The third kappa shape index (κ3) is 5.12. The Labute approximate surface area is 206 Å². The highest BCUT2D eigenvalue weighted by atomic mass is 32.1. The van der Waals surface area contributed by atoms with E-state index in [0.717, 1.165) is 16.0 Å². The van der Waals surface area contributed by atoms with E-state index in [-0.39, 0.29) is 17.0 Å². The van der Waals surface area contributed by atoms with Crippen LogP contribution in [-0.2, 0) is 9.53 Å². The van der Waals surface area contributed by atoms with Crippen LogP contribution >= 0.6 is 11.3 Å². The van der Waals surface area contributed by atoms with Crippen molar-refractivity contribution in [3.05, 3.63) is 105 Å². The molecule has 176 valence electrons. The molecule has 0 unspecified atom stereocenters. The van der Waals surface area contributed by atoms with Gasteiger partial charge in [-0.3, -0.25) is 9.59 Å². The van der Waals surface area contributed by atoms with Gasteiger partial charge in [-0.2, -0.15) is 9.78 Å². The Hall–Kier alpha value is -4.30. The molecule has 4 aromatic rings. The second kappa shape index (κ2) is 10.3. The molecule has 0 aliphatic heterocycles. The van der Waals surface area contributed by atoms with Crippen LogP contribution in [0.2, 0.25) is 0 Å². The van der Waals surface area contributed by atoms with Crippen molar-refractivity contribution >= 4 is 44.9 Å². The number of rotatable bonds is 7. The van der Waals surface area contributed by atoms with Crippen LogP contribution in [0.3, 0.4) is 0 Å². The smallest absolute Gasteiger partial charge is 0.359 e. The molecule has 0 amide bonds. The second-order valence-corrected chi connectivity index (χ2v) is 8.98. The van der Waals surface area contributed by atoms with Gasteiger partial charge in [0.05, 0.1) is 18.2 Å². The number of thiophene rings is 1. The maximum Gasteiger partial charge on any atom is 0.359 e. The van der Waals surface area contributed by atoms with Crippen molar-refractivity contribution in [2.75, 3.05) is 12.4 Å². The lowest BCUT2D eigenvalue weighted by Gasteiger charge is -2.09. The van der Waals surface area contributed by atoms with Gasteiger partial charge in [0.15, 0.2) is 11.5 Å². The van der Waals surface area contributed by atoms with E-state index in [0.29, 0.717) is 21.5 Å². The molecular formula is C27H23N3O4S. The average Bonchev–Trinajstić information content (AvgIpc) is 3.20. The van der Waals surface area contributed by atoms with E-state index in [9.17, 15) is 14.4 Å². The van der Waals surface area contributed by atoms with Crippen molar-refractivity contribution in [3.63, 3.8) is 0 Å². The number of esters is 1. The standard InChI is InChI=1S/C27H23N3O4S/c1-17-9-12-20(13-10-17)30-26(32)23-22(24(29-30)27(33)34-3)18(2)35-25(23)28-16-15-21(31)14-11-19-7-5-4-6-8-19/h4-16,28H,1-3H3/b14-11+,16-15-. The van der Waals surface area contributed by atoms with E-state index in [1.165, 1.54) is 41.5 Å². The number of benzene rings is 2. The molecule has 0 saturated heterocycles. The summed E-state index contributed by atoms with van der Waals surface area (Å²) in [6, 6.07) is 16.8. The van der Waals surface area contributed by atoms with Crippen LogP contribution in [0.15, 0.2) is 77.7 Å². The van der Waals surface area contributed by atoms with Crippen molar-refractivity contribution < 1.29 is 14.3 Å². The lowest BCUT2D eigenvalue weighted by molar-refractivity contribution is -0.110. The number of nitrogens with one attached hydrogen (secondary N) is 1. The number of hydrogen-bond donors (Lipinski definition) is 1. The van der Waals surface area contributed by atoms with E-state index in [1.54, 1.807) is 25.1 Å². The van der Waals surface area contributed by atoms with Crippen molar-refractivity contribution in [1.82, 2.24) is 9.78 Å². The maximum absolute atomic E-state index is 13.5. The predicted octanol–water partition coefficient (Wildman–Crippen LogP) is 5.06. The molecular weight excluding hydrogens is 462 g/mol. The Bertz CT molecular complexity index is 1510. The molecule has 0 spiro atoms. The Morgan fingerprint density at radius 1 is 1.00 bits per heavy atom. The number of anilines is 1. The summed E-state index contributed by atoms with van der Waals surface area (Å²) in [6.07, 6.45) is 6.05. The van der Waals surface area contributed by atoms with E-state index >= 15 is 0 Å². The SMILES string of the molecule is COC(=O)c1nn(-c2ccc(C)cc2)c(=O)c2c(N/C=C\C(=O)/C=C/c3ccccc3)sc(C)c12. The second-order valence-electron chi connectivity index (χ2n) is 7.75. The molecule has 2 aromatic carbocycles. The van der Waals surface area contributed by atoms with E-state index in [4.69, 9.17) is 4.74 Å². The van der Waals surface area contributed by atoms with Gasteiger partial charge in [0.1, 0.15) is 5.00 Å². The number of ketones is 1. The number of nitrogens with zero attached hydrogens (tertiary/aromatic N) is 2. The molecule has 8 heteroatoms. The molecule has 1 N–H and O–H groups in total. The van der Waals surface area contributed by atoms with Crippen LogP contribution < -0.4 is 10.9 Å². The quantitative estimate of drug-likeness (QED) is 0.291. The molecule has 2 aromatic heterocycles. The average molecular weight is 486 g/mol. The molecule has 35 heavy (non-hydrogen) atoms. The minimum absolute atomic E-state index is 0.0512. The third-order valence-electron chi connectivity index (χ3n) is 5.29. The normalized spacial score (nSPS) is 11.4. The van der Waals surface area contributed by atoms with Crippen LogP contribution in [0.1, 0.15) is 26.5 Å². The highest BCUT2D eigenvalue weighted by molar-refractivity contribution is 7.18. The van der Waals surface area contributed by atoms with Gasteiger partial charge in [-0.15, -0.1) is 11.3 Å². The number of fused-ring (bicyclic) bond motifs is 1. The Kier molecular flexibility index (Phi) is 7.03. The number of allylic oxidation sites excluding steroid dienone is 2. The summed E-state index contributed by atoms with van der Waals surface area (Å²) < 4.78 is 6.13. The number of carbonyl (C=O) groups is 2. The van der Waals surface area contributed by atoms with Crippen LogP contribution in [0, 0.1) is 13.8 Å². The van der Waals surface area contributed by atoms with Crippen molar-refractivity contribution in [3.8, 4) is 5.69 Å². The molecule has 4 rings (SSSR count). The fraction of sp³-hybridized carbons (Fsp3) is 0.111. The largest absolute Gasteiger partial charge is 0.464 e. The molecule has 7 nitrogen and oxygen atoms in total. The van der Waals surface area contributed by atoms with E-state index < -0.39 is 5.97 Å². The number of methoxy groups -OCH3 is 1.